The maximum absolute atomic E-state index is 12.4. The molecule has 0 bridgehead atoms. The Bertz CT molecular complexity index is 827. The van der Waals surface area contributed by atoms with Gasteiger partial charge in [0.05, 0.1) is 23.5 Å². The highest BCUT2D eigenvalue weighted by molar-refractivity contribution is 5.89. The molecule has 1 saturated heterocycles. The summed E-state index contributed by atoms with van der Waals surface area (Å²) in [6, 6.07) is 4.07. The van der Waals surface area contributed by atoms with Crippen molar-refractivity contribution in [2.75, 3.05) is 33.7 Å². The molecule has 0 unspecified atom stereocenters. The second-order valence-electron chi connectivity index (χ2n) is 7.35. The molecule has 0 aliphatic carbocycles. The zero-order valence-corrected chi connectivity index (χ0v) is 15.9. The van der Waals surface area contributed by atoms with E-state index >= 15 is 0 Å². The lowest BCUT2D eigenvalue weighted by molar-refractivity contribution is -0.129. The number of hydrogen-bond donors (Lipinski definition) is 2. The second-order valence-corrected chi connectivity index (χ2v) is 7.35. The number of benzene rings is 1. The van der Waals surface area contributed by atoms with E-state index in [1.165, 1.54) is 5.56 Å². The summed E-state index contributed by atoms with van der Waals surface area (Å²) in [5.74, 6) is 0.426. The van der Waals surface area contributed by atoms with Crippen LogP contribution in [0.3, 0.4) is 0 Å². The van der Waals surface area contributed by atoms with E-state index in [9.17, 15) is 9.59 Å². The van der Waals surface area contributed by atoms with Crippen molar-refractivity contribution in [1.29, 1.82) is 0 Å². The summed E-state index contributed by atoms with van der Waals surface area (Å²) in [7, 11) is 3.95. The van der Waals surface area contributed by atoms with Crippen molar-refractivity contribution in [3.63, 3.8) is 0 Å². The molecule has 26 heavy (non-hydrogen) atoms. The van der Waals surface area contributed by atoms with Crippen molar-refractivity contribution in [2.45, 2.75) is 26.8 Å². The van der Waals surface area contributed by atoms with Gasteiger partial charge in [0, 0.05) is 26.1 Å². The van der Waals surface area contributed by atoms with Gasteiger partial charge in [0.1, 0.15) is 5.82 Å². The molecule has 7 nitrogen and oxygen atoms in total. The SMILES string of the molecule is Cc1ccc2[nH]c(CNC(=O)[C@@H]3CC(=O)N(CCN(C)C)C3)nc2c1C. The van der Waals surface area contributed by atoms with Crippen molar-refractivity contribution < 1.29 is 9.59 Å². The molecule has 2 N–H and O–H groups in total. The van der Waals surface area contributed by atoms with E-state index in [2.05, 4.69) is 28.3 Å². The van der Waals surface area contributed by atoms with Crippen LogP contribution in [-0.4, -0.2) is 65.3 Å². The van der Waals surface area contributed by atoms with Gasteiger partial charge in [0.25, 0.3) is 0 Å². The summed E-state index contributed by atoms with van der Waals surface area (Å²) >= 11 is 0. The predicted molar refractivity (Wildman–Crippen MR) is 101 cm³/mol. The normalized spacial score (nSPS) is 17.5. The first kappa shape index (κ1) is 18.4. The number of carbonyl (C=O) groups excluding carboxylic acids is 2. The number of imidazole rings is 1. The molecule has 1 aromatic carbocycles. The first-order valence-corrected chi connectivity index (χ1v) is 9.00. The van der Waals surface area contributed by atoms with Crippen LogP contribution in [0.25, 0.3) is 11.0 Å². The Morgan fingerprint density at radius 1 is 1.38 bits per heavy atom. The van der Waals surface area contributed by atoms with Gasteiger partial charge in [0.15, 0.2) is 0 Å². The third kappa shape index (κ3) is 3.88. The van der Waals surface area contributed by atoms with Gasteiger partial charge >= 0.3 is 0 Å². The molecule has 1 aliphatic rings. The fourth-order valence-electron chi connectivity index (χ4n) is 3.25. The summed E-state index contributed by atoms with van der Waals surface area (Å²) in [5, 5.41) is 2.92. The average Bonchev–Trinajstić information content (AvgIpc) is 3.18. The number of H-pyrrole nitrogens is 1. The Morgan fingerprint density at radius 2 is 2.15 bits per heavy atom. The highest BCUT2D eigenvalue weighted by Crippen LogP contribution is 2.20. The molecular formula is C19H27N5O2. The van der Waals surface area contributed by atoms with Crippen LogP contribution in [-0.2, 0) is 16.1 Å². The molecule has 0 radical (unpaired) electrons. The van der Waals surface area contributed by atoms with Crippen LogP contribution >= 0.6 is 0 Å². The van der Waals surface area contributed by atoms with Crippen LogP contribution in [0.5, 0.6) is 0 Å². The molecule has 1 aromatic heterocycles. The Labute approximate surface area is 153 Å². The van der Waals surface area contributed by atoms with E-state index in [0.29, 0.717) is 19.6 Å². The topological polar surface area (TPSA) is 81.3 Å². The third-order valence-corrected chi connectivity index (χ3v) is 5.06. The number of amides is 2. The number of aromatic nitrogens is 2. The van der Waals surface area contributed by atoms with Gasteiger partial charge in [-0.2, -0.15) is 0 Å². The first-order valence-electron chi connectivity index (χ1n) is 9.00. The van der Waals surface area contributed by atoms with E-state index in [0.717, 1.165) is 29.0 Å². The third-order valence-electron chi connectivity index (χ3n) is 5.06. The number of rotatable bonds is 6. The minimum Gasteiger partial charge on any atom is -0.349 e. The molecule has 2 aromatic rings. The summed E-state index contributed by atoms with van der Waals surface area (Å²) in [4.78, 5) is 36.2. The number of nitrogens with one attached hydrogen (secondary N) is 2. The number of likely N-dealkylation sites (N-methyl/N-ethyl adjacent to an activating group) is 1. The summed E-state index contributed by atoms with van der Waals surface area (Å²) in [6.07, 6.45) is 0.289. The molecule has 0 saturated carbocycles. The monoisotopic (exact) mass is 357 g/mol. The molecule has 2 heterocycles. The van der Waals surface area contributed by atoms with Gasteiger partial charge in [-0.05, 0) is 45.1 Å². The standard InChI is InChI=1S/C19H27N5O2/c1-12-5-6-15-18(13(12)2)22-16(21-15)10-20-19(26)14-9-17(25)24(11-14)8-7-23(3)4/h5-6,14H,7-11H2,1-4H3,(H,20,26)(H,21,22)/t14-/m1/s1. The molecular weight excluding hydrogens is 330 g/mol. The van der Waals surface area contributed by atoms with Crippen molar-refractivity contribution in [1.82, 2.24) is 25.1 Å². The lowest BCUT2D eigenvalue weighted by Crippen LogP contribution is -2.35. The predicted octanol–water partition coefficient (Wildman–Crippen LogP) is 1.21. The summed E-state index contributed by atoms with van der Waals surface area (Å²) < 4.78 is 0. The van der Waals surface area contributed by atoms with Gasteiger partial charge in [-0.3, -0.25) is 9.59 Å². The molecule has 140 valence electrons. The number of hydrogen-bond acceptors (Lipinski definition) is 4. The Kier molecular flexibility index (Phi) is 5.27. The number of aryl methyl sites for hydroxylation is 2. The van der Waals surface area contributed by atoms with Gasteiger partial charge in [-0.1, -0.05) is 6.07 Å². The first-order chi connectivity index (χ1) is 12.3. The van der Waals surface area contributed by atoms with Gasteiger partial charge in [-0.15, -0.1) is 0 Å². The maximum Gasteiger partial charge on any atom is 0.225 e. The highest BCUT2D eigenvalue weighted by atomic mass is 16.2. The number of likely N-dealkylation sites (tertiary alicyclic amines) is 1. The van der Waals surface area contributed by atoms with Crippen molar-refractivity contribution in [2.24, 2.45) is 5.92 Å². The molecule has 3 rings (SSSR count). The van der Waals surface area contributed by atoms with E-state index in [1.54, 1.807) is 4.90 Å². The lowest BCUT2D eigenvalue weighted by atomic mass is 10.1. The summed E-state index contributed by atoms with van der Waals surface area (Å²) in [6.45, 7) is 6.42. The smallest absolute Gasteiger partial charge is 0.225 e. The number of aromatic amines is 1. The van der Waals surface area contributed by atoms with Crippen molar-refractivity contribution in [3.8, 4) is 0 Å². The molecule has 1 atom stereocenters. The average molecular weight is 357 g/mol. The van der Waals surface area contributed by atoms with Gasteiger partial charge in [-0.25, -0.2) is 4.98 Å². The van der Waals surface area contributed by atoms with Crippen LogP contribution in [0.15, 0.2) is 12.1 Å². The maximum atomic E-state index is 12.4. The second kappa shape index (κ2) is 7.45. The molecule has 1 aliphatic heterocycles. The van der Waals surface area contributed by atoms with Crippen LogP contribution in [0, 0.1) is 19.8 Å². The van der Waals surface area contributed by atoms with Crippen LogP contribution < -0.4 is 5.32 Å². The Hall–Kier alpha value is -2.41. The fraction of sp³-hybridized carbons (Fsp3) is 0.526. The largest absolute Gasteiger partial charge is 0.349 e. The quantitative estimate of drug-likeness (QED) is 0.814. The van der Waals surface area contributed by atoms with Crippen LogP contribution in [0.1, 0.15) is 23.4 Å². The number of nitrogens with zero attached hydrogens (tertiary/aromatic N) is 3. The van der Waals surface area contributed by atoms with Gasteiger partial charge in [0.2, 0.25) is 11.8 Å². The lowest BCUT2D eigenvalue weighted by Gasteiger charge is -2.19. The van der Waals surface area contributed by atoms with Crippen molar-refractivity contribution in [3.05, 3.63) is 29.1 Å². The van der Waals surface area contributed by atoms with Crippen LogP contribution in [0.2, 0.25) is 0 Å². The minimum absolute atomic E-state index is 0.0573. The Balaban J connectivity index is 1.57. The van der Waals surface area contributed by atoms with E-state index in [-0.39, 0.29) is 24.2 Å². The molecule has 1 fully saturated rings. The zero-order chi connectivity index (χ0) is 18.8. The van der Waals surface area contributed by atoms with Crippen LogP contribution in [0.4, 0.5) is 0 Å². The van der Waals surface area contributed by atoms with Gasteiger partial charge < -0.3 is 20.1 Å². The minimum atomic E-state index is -0.280. The number of carbonyl (C=O) groups is 2. The zero-order valence-electron chi connectivity index (χ0n) is 15.9. The molecule has 2 amide bonds. The molecule has 7 heteroatoms. The van der Waals surface area contributed by atoms with E-state index in [4.69, 9.17) is 0 Å². The number of fused-ring (bicyclic) bond motifs is 1. The van der Waals surface area contributed by atoms with E-state index in [1.807, 2.05) is 32.0 Å². The van der Waals surface area contributed by atoms with E-state index < -0.39 is 0 Å². The highest BCUT2D eigenvalue weighted by Gasteiger charge is 2.33. The Morgan fingerprint density at radius 3 is 2.88 bits per heavy atom. The van der Waals surface area contributed by atoms with Crippen molar-refractivity contribution >= 4 is 22.8 Å². The molecule has 0 spiro atoms. The summed E-state index contributed by atoms with van der Waals surface area (Å²) in [5.41, 5.74) is 4.26. The fourth-order valence-corrected chi connectivity index (χ4v) is 3.25.